The largest absolute Gasteiger partial charge is 0.354 e. The topological polar surface area (TPSA) is 60.0 Å². The third-order valence-electron chi connectivity index (χ3n) is 5.80. The summed E-state index contributed by atoms with van der Waals surface area (Å²) < 4.78 is 0. The van der Waals surface area contributed by atoms with Gasteiger partial charge in [0.2, 0.25) is 5.91 Å². The van der Waals surface area contributed by atoms with E-state index in [0.717, 1.165) is 25.6 Å². The lowest BCUT2D eigenvalue weighted by molar-refractivity contribution is -0.127. The first-order chi connectivity index (χ1) is 13.6. The summed E-state index contributed by atoms with van der Waals surface area (Å²) >= 11 is 0. The number of amides is 1. The fourth-order valence-corrected chi connectivity index (χ4v) is 4.08. The molecule has 2 N–H and O–H groups in total. The number of hydrogen-bond acceptors (Lipinski definition) is 3. The number of aliphatic imine (C=N–C) groups is 1. The summed E-state index contributed by atoms with van der Waals surface area (Å²) in [4.78, 5) is 20.7. The normalized spacial score (nSPS) is 18.9. The zero-order chi connectivity index (χ0) is 19.8. The molecule has 1 aromatic carbocycles. The van der Waals surface area contributed by atoms with Crippen molar-refractivity contribution in [2.75, 3.05) is 40.3 Å². The maximum Gasteiger partial charge on any atom is 0.243 e. The van der Waals surface area contributed by atoms with Crippen molar-refractivity contribution < 1.29 is 4.79 Å². The standard InChI is InChI=1S/C22H35N5O.HI/c1-26(2)21(28)17-24-22(25-19-12-6-7-13-19)23-16-20(27-14-8-9-15-27)18-10-4-3-5-11-18;/h3-5,10-11,19-20H,6-9,12-17H2,1-2H3,(H2,23,24,25);1H. The Labute approximate surface area is 192 Å². The lowest BCUT2D eigenvalue weighted by Crippen LogP contribution is -2.46. The number of halogens is 1. The highest BCUT2D eigenvalue weighted by Gasteiger charge is 2.24. The number of guanidine groups is 1. The van der Waals surface area contributed by atoms with Crippen LogP contribution in [0, 0.1) is 0 Å². The molecule has 0 bridgehead atoms. The summed E-state index contributed by atoms with van der Waals surface area (Å²) in [6, 6.07) is 11.5. The number of hydrogen-bond donors (Lipinski definition) is 2. The minimum atomic E-state index is 0. The molecule has 1 unspecified atom stereocenters. The van der Waals surface area contributed by atoms with E-state index in [4.69, 9.17) is 0 Å². The fourth-order valence-electron chi connectivity index (χ4n) is 4.08. The Morgan fingerprint density at radius 1 is 1.14 bits per heavy atom. The van der Waals surface area contributed by atoms with Crippen molar-refractivity contribution >= 4 is 35.8 Å². The molecule has 29 heavy (non-hydrogen) atoms. The van der Waals surface area contributed by atoms with Gasteiger partial charge in [0.1, 0.15) is 6.54 Å². The van der Waals surface area contributed by atoms with Gasteiger partial charge in [0.05, 0.1) is 6.04 Å². The summed E-state index contributed by atoms with van der Waals surface area (Å²) in [7, 11) is 3.54. The van der Waals surface area contributed by atoms with Crippen LogP contribution in [0.15, 0.2) is 35.3 Å². The Morgan fingerprint density at radius 2 is 1.79 bits per heavy atom. The molecule has 1 heterocycles. The average Bonchev–Trinajstić information content (AvgIpc) is 3.41. The molecular formula is C22H36IN5O. The second kappa shape index (κ2) is 12.4. The number of likely N-dealkylation sites (N-methyl/N-ethyl adjacent to an activating group) is 1. The van der Waals surface area contributed by atoms with Gasteiger partial charge in [0.15, 0.2) is 5.96 Å². The van der Waals surface area contributed by atoms with Crippen LogP contribution in [0.5, 0.6) is 0 Å². The Kier molecular flexibility index (Phi) is 10.2. The molecule has 1 atom stereocenters. The van der Waals surface area contributed by atoms with Gasteiger partial charge in [0, 0.05) is 26.7 Å². The summed E-state index contributed by atoms with van der Waals surface area (Å²) in [6.45, 7) is 3.25. The minimum Gasteiger partial charge on any atom is -0.354 e. The Morgan fingerprint density at radius 3 is 2.41 bits per heavy atom. The Bertz CT molecular complexity index is 640. The van der Waals surface area contributed by atoms with Crippen LogP contribution in [0.2, 0.25) is 0 Å². The lowest BCUT2D eigenvalue weighted by Gasteiger charge is -2.29. The van der Waals surface area contributed by atoms with Gasteiger partial charge in [-0.1, -0.05) is 43.2 Å². The zero-order valence-electron chi connectivity index (χ0n) is 17.8. The van der Waals surface area contributed by atoms with Crippen LogP contribution in [0.4, 0.5) is 0 Å². The average molecular weight is 513 g/mol. The van der Waals surface area contributed by atoms with E-state index in [1.807, 2.05) is 0 Å². The minimum absolute atomic E-state index is 0. The van der Waals surface area contributed by atoms with Gasteiger partial charge in [-0.15, -0.1) is 24.0 Å². The first-order valence-electron chi connectivity index (χ1n) is 10.7. The van der Waals surface area contributed by atoms with E-state index >= 15 is 0 Å². The number of rotatable bonds is 7. The molecule has 2 fully saturated rings. The SMILES string of the molecule is CN(C)C(=O)CN=C(NCC(c1ccccc1)N1CCCC1)NC1CCCC1.I. The van der Waals surface area contributed by atoms with Crippen LogP contribution in [-0.2, 0) is 4.79 Å². The maximum absolute atomic E-state index is 12.0. The molecule has 1 saturated carbocycles. The molecule has 1 aromatic rings. The highest BCUT2D eigenvalue weighted by Crippen LogP contribution is 2.24. The molecule has 6 nitrogen and oxygen atoms in total. The van der Waals surface area contributed by atoms with Crippen molar-refractivity contribution in [3.63, 3.8) is 0 Å². The summed E-state index contributed by atoms with van der Waals surface area (Å²) in [5.41, 5.74) is 1.33. The van der Waals surface area contributed by atoms with Gasteiger partial charge in [-0.2, -0.15) is 0 Å². The third kappa shape index (κ3) is 7.44. The molecule has 0 radical (unpaired) electrons. The number of likely N-dealkylation sites (tertiary alicyclic amines) is 1. The third-order valence-corrected chi connectivity index (χ3v) is 5.80. The van der Waals surface area contributed by atoms with E-state index in [-0.39, 0.29) is 36.4 Å². The second-order valence-electron chi connectivity index (χ2n) is 8.13. The monoisotopic (exact) mass is 513 g/mol. The van der Waals surface area contributed by atoms with Crippen LogP contribution >= 0.6 is 24.0 Å². The van der Waals surface area contributed by atoms with E-state index in [2.05, 4.69) is 50.9 Å². The van der Waals surface area contributed by atoms with Crippen molar-refractivity contribution in [2.24, 2.45) is 4.99 Å². The van der Waals surface area contributed by atoms with Gasteiger partial charge >= 0.3 is 0 Å². The van der Waals surface area contributed by atoms with E-state index in [1.54, 1.807) is 19.0 Å². The number of benzene rings is 1. The molecule has 0 spiro atoms. The fraction of sp³-hybridized carbons (Fsp3) is 0.636. The molecule has 1 saturated heterocycles. The smallest absolute Gasteiger partial charge is 0.243 e. The van der Waals surface area contributed by atoms with E-state index < -0.39 is 0 Å². The van der Waals surface area contributed by atoms with Crippen LogP contribution in [0.3, 0.4) is 0 Å². The number of nitrogens with zero attached hydrogens (tertiary/aromatic N) is 3. The molecule has 7 heteroatoms. The Balaban J connectivity index is 0.00000300. The highest BCUT2D eigenvalue weighted by atomic mass is 127. The van der Waals surface area contributed by atoms with Crippen molar-refractivity contribution in [1.29, 1.82) is 0 Å². The molecule has 1 amide bonds. The van der Waals surface area contributed by atoms with Gasteiger partial charge in [-0.25, -0.2) is 4.99 Å². The van der Waals surface area contributed by atoms with Gasteiger partial charge in [-0.3, -0.25) is 9.69 Å². The first kappa shape index (κ1) is 23.9. The maximum atomic E-state index is 12.0. The molecule has 2 aliphatic rings. The van der Waals surface area contributed by atoms with Crippen molar-refractivity contribution in [3.8, 4) is 0 Å². The van der Waals surface area contributed by atoms with Gasteiger partial charge in [-0.05, 0) is 44.3 Å². The molecule has 3 rings (SSSR count). The zero-order valence-corrected chi connectivity index (χ0v) is 20.1. The summed E-state index contributed by atoms with van der Waals surface area (Å²) in [6.07, 6.45) is 7.42. The van der Waals surface area contributed by atoms with Gasteiger partial charge in [0.25, 0.3) is 0 Å². The van der Waals surface area contributed by atoms with E-state index in [0.29, 0.717) is 12.1 Å². The van der Waals surface area contributed by atoms with E-state index in [9.17, 15) is 4.79 Å². The van der Waals surface area contributed by atoms with Crippen LogP contribution in [-0.4, -0.2) is 68.0 Å². The quantitative estimate of drug-likeness (QED) is 0.335. The molecule has 162 valence electrons. The molecule has 0 aromatic heterocycles. The molecule has 1 aliphatic heterocycles. The van der Waals surface area contributed by atoms with Crippen LogP contribution in [0.25, 0.3) is 0 Å². The highest BCUT2D eigenvalue weighted by molar-refractivity contribution is 14.0. The van der Waals surface area contributed by atoms with Crippen LogP contribution in [0.1, 0.15) is 50.1 Å². The number of carbonyl (C=O) groups excluding carboxylic acids is 1. The second-order valence-corrected chi connectivity index (χ2v) is 8.13. The predicted molar refractivity (Wildman–Crippen MR) is 130 cm³/mol. The lowest BCUT2D eigenvalue weighted by atomic mass is 10.1. The van der Waals surface area contributed by atoms with Gasteiger partial charge < -0.3 is 15.5 Å². The summed E-state index contributed by atoms with van der Waals surface area (Å²) in [5, 5.41) is 7.10. The molecule has 1 aliphatic carbocycles. The van der Waals surface area contributed by atoms with Crippen molar-refractivity contribution in [1.82, 2.24) is 20.4 Å². The number of nitrogens with one attached hydrogen (secondary N) is 2. The number of carbonyl (C=O) groups is 1. The van der Waals surface area contributed by atoms with Crippen LogP contribution < -0.4 is 10.6 Å². The summed E-state index contributed by atoms with van der Waals surface area (Å²) in [5.74, 6) is 0.786. The predicted octanol–water partition coefficient (Wildman–Crippen LogP) is 3.01. The van der Waals surface area contributed by atoms with Crippen molar-refractivity contribution in [3.05, 3.63) is 35.9 Å². The Hall–Kier alpha value is -1.35. The van der Waals surface area contributed by atoms with Crippen molar-refractivity contribution in [2.45, 2.75) is 50.6 Å². The first-order valence-corrected chi connectivity index (χ1v) is 10.7. The molecular weight excluding hydrogens is 477 g/mol. The van der Waals surface area contributed by atoms with E-state index in [1.165, 1.54) is 44.1 Å².